The molecule has 4 aromatic carbocycles. The molecule has 7 nitrogen and oxygen atoms in total. The van der Waals surface area contributed by atoms with E-state index in [1.165, 1.54) is 0 Å². The number of sulfonamides is 1. The third-order valence-electron chi connectivity index (χ3n) is 6.65. The Morgan fingerprint density at radius 3 is 2.33 bits per heavy atom. The molecule has 0 aliphatic rings. The summed E-state index contributed by atoms with van der Waals surface area (Å²) in [4.78, 5) is 3.63. The maximum Gasteiger partial charge on any atom is 0.261 e. The van der Waals surface area contributed by atoms with E-state index in [0.29, 0.717) is 18.7 Å². The first-order valence-corrected chi connectivity index (χ1v) is 14.4. The van der Waals surface area contributed by atoms with Gasteiger partial charge in [0.15, 0.2) is 0 Å². The largest absolute Gasteiger partial charge is 0.490 e. The molecule has 0 unspecified atom stereocenters. The van der Waals surface area contributed by atoms with Gasteiger partial charge in [0.05, 0.1) is 10.4 Å². The highest BCUT2D eigenvalue weighted by Gasteiger charge is 2.20. The molecular formula is C31H33N3O4S. The molecule has 1 atom stereocenters. The second kappa shape index (κ2) is 11.1. The van der Waals surface area contributed by atoms with E-state index in [4.69, 9.17) is 4.74 Å². The number of β-amino-alcohol motifs (C(OH)–C–C–N with tert-alkyl or cyclic N) is 1. The molecule has 0 fully saturated rings. The summed E-state index contributed by atoms with van der Waals surface area (Å²) >= 11 is 0. The van der Waals surface area contributed by atoms with E-state index < -0.39 is 16.1 Å². The molecular weight excluding hydrogens is 510 g/mol. The average Bonchev–Trinajstić information content (AvgIpc) is 3.31. The normalized spacial score (nSPS) is 13.0. The number of para-hydroxylation sites is 1. The zero-order chi connectivity index (χ0) is 27.5. The molecule has 8 heteroatoms. The van der Waals surface area contributed by atoms with Crippen molar-refractivity contribution in [3.05, 3.63) is 103 Å². The van der Waals surface area contributed by atoms with Gasteiger partial charge in [-0.15, -0.1) is 0 Å². The Morgan fingerprint density at radius 1 is 0.872 bits per heavy atom. The zero-order valence-electron chi connectivity index (χ0n) is 22.0. The van der Waals surface area contributed by atoms with Crippen molar-refractivity contribution in [2.24, 2.45) is 0 Å². The Morgan fingerprint density at radius 2 is 1.56 bits per heavy atom. The van der Waals surface area contributed by atoms with Gasteiger partial charge in [-0.1, -0.05) is 54.6 Å². The molecule has 0 saturated carbocycles. The van der Waals surface area contributed by atoms with Gasteiger partial charge >= 0.3 is 0 Å². The van der Waals surface area contributed by atoms with E-state index in [9.17, 15) is 13.5 Å². The van der Waals surface area contributed by atoms with Gasteiger partial charge in [0, 0.05) is 34.1 Å². The predicted molar refractivity (Wildman–Crippen MR) is 157 cm³/mol. The summed E-state index contributed by atoms with van der Waals surface area (Å²) in [6, 6.07) is 29.6. The lowest BCUT2D eigenvalue weighted by molar-refractivity contribution is 0.0996. The van der Waals surface area contributed by atoms with Crippen molar-refractivity contribution in [2.45, 2.75) is 36.8 Å². The van der Waals surface area contributed by atoms with Crippen LogP contribution in [0.1, 0.15) is 19.4 Å². The molecule has 1 heterocycles. The van der Waals surface area contributed by atoms with Gasteiger partial charge in [0.2, 0.25) is 0 Å². The maximum atomic E-state index is 12.6. The molecule has 202 valence electrons. The van der Waals surface area contributed by atoms with Crippen LogP contribution in [0.2, 0.25) is 0 Å². The van der Waals surface area contributed by atoms with Gasteiger partial charge in [-0.2, -0.15) is 0 Å². The Hall–Kier alpha value is -3.85. The molecule has 0 amide bonds. The second-order valence-corrected chi connectivity index (χ2v) is 12.1. The summed E-state index contributed by atoms with van der Waals surface area (Å²) in [5.41, 5.74) is 3.30. The van der Waals surface area contributed by atoms with Crippen LogP contribution in [0.25, 0.3) is 21.8 Å². The van der Waals surface area contributed by atoms with Crippen LogP contribution in [0.3, 0.4) is 0 Å². The van der Waals surface area contributed by atoms with E-state index in [-0.39, 0.29) is 17.0 Å². The number of ether oxygens (including phenoxy) is 1. The lowest BCUT2D eigenvalue weighted by Crippen LogP contribution is -2.46. The minimum atomic E-state index is -3.63. The Kier molecular flexibility index (Phi) is 7.61. The predicted octanol–water partition coefficient (Wildman–Crippen LogP) is 5.47. The fraction of sp³-hybridized carbons (Fsp3) is 0.226. The van der Waals surface area contributed by atoms with E-state index in [1.807, 2.05) is 48.5 Å². The van der Waals surface area contributed by atoms with Gasteiger partial charge < -0.3 is 20.1 Å². The summed E-state index contributed by atoms with van der Waals surface area (Å²) in [5.74, 6) is 0.742. The molecule has 1 aromatic heterocycles. The third-order valence-corrected chi connectivity index (χ3v) is 8.04. The van der Waals surface area contributed by atoms with Crippen LogP contribution in [0.15, 0.2) is 102 Å². The molecule has 0 radical (unpaired) electrons. The van der Waals surface area contributed by atoms with Crippen LogP contribution in [0.5, 0.6) is 5.75 Å². The summed E-state index contributed by atoms with van der Waals surface area (Å²) in [7, 11) is -3.63. The highest BCUT2D eigenvalue weighted by Crippen LogP contribution is 2.33. The Labute approximate surface area is 228 Å². The van der Waals surface area contributed by atoms with Gasteiger partial charge in [-0.25, -0.2) is 8.42 Å². The molecule has 5 rings (SSSR count). The van der Waals surface area contributed by atoms with Crippen molar-refractivity contribution in [2.75, 3.05) is 17.9 Å². The van der Waals surface area contributed by atoms with Crippen LogP contribution < -0.4 is 14.8 Å². The Bertz CT molecular complexity index is 1660. The van der Waals surface area contributed by atoms with E-state index in [0.717, 1.165) is 33.1 Å². The minimum absolute atomic E-state index is 0.165. The van der Waals surface area contributed by atoms with Gasteiger partial charge in [-0.05, 0) is 68.3 Å². The SMILES string of the molecule is CC(C)(Cc1ccc(NS(=O)(=O)c2ccccc2)cc1)NC[C@H](O)COc1cccc2[nH]c3ccccc3c12. The number of anilines is 1. The first-order valence-electron chi connectivity index (χ1n) is 12.9. The zero-order valence-corrected chi connectivity index (χ0v) is 22.8. The molecule has 39 heavy (non-hydrogen) atoms. The number of hydrogen-bond donors (Lipinski definition) is 4. The molecule has 0 spiro atoms. The quantitative estimate of drug-likeness (QED) is 0.177. The number of aromatic nitrogens is 1. The standard InChI is InChI=1S/C31H33N3O4S/c1-31(2,19-22-15-17-23(18-16-22)34-39(36,37)25-9-4-3-5-10-25)32-20-24(35)21-38-29-14-8-13-28-30(29)26-11-6-7-12-27(26)33-28/h3-18,24,32-35H,19-21H2,1-2H3/t24-/m0/s1. The highest BCUT2D eigenvalue weighted by atomic mass is 32.2. The van der Waals surface area contributed by atoms with Crippen molar-refractivity contribution in [1.29, 1.82) is 0 Å². The number of aromatic amines is 1. The van der Waals surface area contributed by atoms with Gasteiger partial charge in [-0.3, -0.25) is 4.72 Å². The number of rotatable bonds is 11. The van der Waals surface area contributed by atoms with Crippen molar-refractivity contribution in [3.8, 4) is 5.75 Å². The molecule has 0 aliphatic heterocycles. The highest BCUT2D eigenvalue weighted by molar-refractivity contribution is 7.92. The molecule has 0 saturated heterocycles. The monoisotopic (exact) mass is 543 g/mol. The number of H-pyrrole nitrogens is 1. The topological polar surface area (TPSA) is 103 Å². The van der Waals surface area contributed by atoms with Gasteiger partial charge in [0.25, 0.3) is 10.0 Å². The number of fused-ring (bicyclic) bond motifs is 3. The van der Waals surface area contributed by atoms with E-state index in [1.54, 1.807) is 42.5 Å². The number of aliphatic hydroxyl groups excluding tert-OH is 1. The van der Waals surface area contributed by atoms with Crippen molar-refractivity contribution in [3.63, 3.8) is 0 Å². The minimum Gasteiger partial charge on any atom is -0.490 e. The second-order valence-electron chi connectivity index (χ2n) is 10.4. The number of nitrogens with one attached hydrogen (secondary N) is 3. The smallest absolute Gasteiger partial charge is 0.261 e. The molecule has 0 bridgehead atoms. The van der Waals surface area contributed by atoms with E-state index in [2.05, 4.69) is 34.9 Å². The van der Waals surface area contributed by atoms with Crippen molar-refractivity contribution < 1.29 is 18.3 Å². The lowest BCUT2D eigenvalue weighted by Gasteiger charge is -2.28. The number of benzene rings is 4. The first kappa shape index (κ1) is 26.7. The summed E-state index contributed by atoms with van der Waals surface area (Å²) < 4.78 is 33.8. The number of hydrogen-bond acceptors (Lipinski definition) is 5. The van der Waals surface area contributed by atoms with Gasteiger partial charge in [0.1, 0.15) is 18.5 Å². The van der Waals surface area contributed by atoms with Crippen LogP contribution in [-0.4, -0.2) is 43.3 Å². The maximum absolute atomic E-state index is 12.6. The Balaban J connectivity index is 1.14. The third kappa shape index (κ3) is 6.42. The van der Waals surface area contributed by atoms with E-state index >= 15 is 0 Å². The van der Waals surface area contributed by atoms with Crippen LogP contribution in [0, 0.1) is 0 Å². The first-order chi connectivity index (χ1) is 18.7. The summed E-state index contributed by atoms with van der Waals surface area (Å²) in [6.45, 7) is 4.67. The number of aliphatic hydroxyl groups is 1. The molecule has 5 aromatic rings. The summed E-state index contributed by atoms with van der Waals surface area (Å²) in [6.07, 6.45) is 0.000475. The van der Waals surface area contributed by atoms with Crippen molar-refractivity contribution >= 4 is 37.5 Å². The van der Waals surface area contributed by atoms with Crippen LogP contribution >= 0.6 is 0 Å². The van der Waals surface area contributed by atoms with Crippen LogP contribution in [-0.2, 0) is 16.4 Å². The fourth-order valence-electron chi connectivity index (χ4n) is 4.70. The van der Waals surface area contributed by atoms with Crippen LogP contribution in [0.4, 0.5) is 5.69 Å². The average molecular weight is 544 g/mol. The summed E-state index contributed by atoms with van der Waals surface area (Å²) in [5, 5.41) is 16.2. The van der Waals surface area contributed by atoms with Crippen molar-refractivity contribution in [1.82, 2.24) is 10.3 Å². The lowest BCUT2D eigenvalue weighted by atomic mass is 9.94. The fourth-order valence-corrected chi connectivity index (χ4v) is 5.78. The molecule has 4 N–H and O–H groups in total. The molecule has 0 aliphatic carbocycles.